The smallest absolute Gasteiger partial charge is 0.109 e. The fraction of sp³-hybridized carbons (Fsp3) is 0.348. The van der Waals surface area contributed by atoms with Crippen molar-refractivity contribution >= 4 is 38.1 Å². The SMILES string of the molecule is CC(C)(C)c1ccc2c(c1)[cH-]c1cc(C(C)(C)C)ccc12.CCCCc1ccc([C](=[Hf+2])c2ccc([Si](C)(C)C)cc2)cc1.[C-]1=CC=CC1. The van der Waals surface area contributed by atoms with E-state index in [9.17, 15) is 0 Å². The molecule has 0 spiro atoms. The van der Waals surface area contributed by atoms with Crippen molar-refractivity contribution in [2.75, 3.05) is 0 Å². The largest absolute Gasteiger partial charge is 0.273 e. The van der Waals surface area contributed by atoms with Crippen molar-refractivity contribution in [3.05, 3.63) is 143 Å². The van der Waals surface area contributed by atoms with Gasteiger partial charge in [0.2, 0.25) is 0 Å². The van der Waals surface area contributed by atoms with E-state index >= 15 is 0 Å². The predicted octanol–water partition coefficient (Wildman–Crippen LogP) is 12.3. The van der Waals surface area contributed by atoms with E-state index in [1.54, 1.807) is 5.19 Å². The molecule has 0 saturated carbocycles. The molecule has 0 saturated heterocycles. The molecule has 248 valence electrons. The van der Waals surface area contributed by atoms with Crippen LogP contribution in [0, 0.1) is 6.08 Å². The zero-order chi connectivity index (χ0) is 35.1. The van der Waals surface area contributed by atoms with Crippen LogP contribution in [0.4, 0.5) is 0 Å². The molecule has 0 nitrogen and oxygen atoms in total. The van der Waals surface area contributed by atoms with Gasteiger partial charge in [-0.1, -0.05) is 76.9 Å². The van der Waals surface area contributed by atoms with Crippen molar-refractivity contribution in [2.45, 2.75) is 105 Å². The van der Waals surface area contributed by atoms with Gasteiger partial charge in [-0.05, 0) is 10.8 Å². The van der Waals surface area contributed by atoms with Gasteiger partial charge in [0.15, 0.2) is 0 Å². The summed E-state index contributed by atoms with van der Waals surface area (Å²) >= 11 is 1.08. The van der Waals surface area contributed by atoms with Crippen LogP contribution < -0.4 is 5.19 Å². The van der Waals surface area contributed by atoms with E-state index in [-0.39, 0.29) is 10.8 Å². The summed E-state index contributed by atoms with van der Waals surface area (Å²) in [6.07, 6.45) is 13.8. The third kappa shape index (κ3) is 10.3. The molecule has 0 radical (unpaired) electrons. The Kier molecular flexibility index (Phi) is 12.9. The van der Waals surface area contributed by atoms with Crippen molar-refractivity contribution in [1.29, 1.82) is 0 Å². The molecule has 48 heavy (non-hydrogen) atoms. The summed E-state index contributed by atoms with van der Waals surface area (Å²) in [6.45, 7) is 23.1. The molecule has 6 rings (SSSR count). The van der Waals surface area contributed by atoms with Crippen LogP contribution in [-0.4, -0.2) is 11.3 Å². The Hall–Kier alpha value is -2.81. The predicted molar refractivity (Wildman–Crippen MR) is 214 cm³/mol. The van der Waals surface area contributed by atoms with Crippen LogP contribution in [0.5, 0.6) is 0 Å². The quantitative estimate of drug-likeness (QED) is 0.118. The van der Waals surface area contributed by atoms with E-state index in [1.807, 2.05) is 12.2 Å². The van der Waals surface area contributed by atoms with E-state index in [0.29, 0.717) is 0 Å². The Morgan fingerprint density at radius 3 is 1.60 bits per heavy atom. The average molecular weight is 816 g/mol. The molecule has 2 heteroatoms. The van der Waals surface area contributed by atoms with Gasteiger partial charge in [-0.3, -0.25) is 6.08 Å². The van der Waals surface area contributed by atoms with Crippen molar-refractivity contribution in [1.82, 2.24) is 0 Å². The van der Waals surface area contributed by atoms with Crippen molar-refractivity contribution in [3.63, 3.8) is 0 Å². The summed E-state index contributed by atoms with van der Waals surface area (Å²) in [4.78, 5) is 0. The van der Waals surface area contributed by atoms with Crippen LogP contribution in [0.1, 0.15) is 95.5 Å². The third-order valence-electron chi connectivity index (χ3n) is 9.12. The van der Waals surface area contributed by atoms with Crippen molar-refractivity contribution in [3.8, 4) is 0 Å². The van der Waals surface area contributed by atoms with E-state index in [4.69, 9.17) is 0 Å². The Balaban J connectivity index is 0.000000189. The summed E-state index contributed by atoms with van der Waals surface area (Å²) in [5, 5.41) is 7.02. The number of unbranched alkanes of at least 4 members (excludes halogenated alkanes) is 1. The summed E-state index contributed by atoms with van der Waals surface area (Å²) in [6, 6.07) is 34.7. The van der Waals surface area contributed by atoms with Crippen LogP contribution >= 0.6 is 0 Å². The first-order valence-corrected chi connectivity index (χ1v) is 23.0. The van der Waals surface area contributed by atoms with E-state index < -0.39 is 8.07 Å². The zero-order valence-electron chi connectivity index (χ0n) is 31.2. The van der Waals surface area contributed by atoms with Gasteiger partial charge >= 0.3 is 151 Å². The summed E-state index contributed by atoms with van der Waals surface area (Å²) in [7, 11) is -1.19. The molecular weight excluding hydrogens is 759 g/mol. The van der Waals surface area contributed by atoms with E-state index in [2.05, 4.69) is 171 Å². The second-order valence-electron chi connectivity index (χ2n) is 16.3. The third-order valence-corrected chi connectivity index (χ3v) is 13.3. The Bertz CT molecular complexity index is 1780. The van der Waals surface area contributed by atoms with Gasteiger partial charge in [-0.2, -0.15) is 6.08 Å². The van der Waals surface area contributed by atoms with E-state index in [1.165, 1.54) is 71.9 Å². The minimum absolute atomic E-state index is 0.203. The van der Waals surface area contributed by atoms with Crippen LogP contribution in [0.25, 0.3) is 21.5 Å². The molecule has 0 bridgehead atoms. The van der Waals surface area contributed by atoms with Gasteiger partial charge in [-0.25, -0.2) is 12.2 Å². The van der Waals surface area contributed by atoms with Crippen LogP contribution in [0.3, 0.4) is 0 Å². The molecular formula is C46H56HfSi. The summed E-state index contributed by atoms with van der Waals surface area (Å²) in [5.74, 6) is 0. The number of hydrogen-bond acceptors (Lipinski definition) is 0. The minimum Gasteiger partial charge on any atom is -0.273 e. The average Bonchev–Trinajstić information content (AvgIpc) is 3.74. The first-order valence-electron chi connectivity index (χ1n) is 17.7. The molecule has 5 aromatic rings. The maximum atomic E-state index is 2.99. The number of rotatable bonds is 6. The first-order chi connectivity index (χ1) is 22.6. The number of fused-ring (bicyclic) bond motifs is 3. The molecule has 1 aliphatic carbocycles. The van der Waals surface area contributed by atoms with Gasteiger partial charge in [0.1, 0.15) is 0 Å². The van der Waals surface area contributed by atoms with Gasteiger partial charge in [-0.15, -0.1) is 46.2 Å². The van der Waals surface area contributed by atoms with Crippen molar-refractivity contribution in [2.24, 2.45) is 0 Å². The molecule has 5 aromatic carbocycles. The van der Waals surface area contributed by atoms with Crippen LogP contribution in [0.2, 0.25) is 19.6 Å². The van der Waals surface area contributed by atoms with Gasteiger partial charge in [0, 0.05) is 0 Å². The normalized spacial score (nSPS) is 12.9. The van der Waals surface area contributed by atoms with Crippen LogP contribution in [-0.2, 0) is 41.1 Å². The second-order valence-corrected chi connectivity index (χ2v) is 23.1. The molecule has 0 amide bonds. The maximum Gasteiger partial charge on any atom is -0.109 e. The number of benzene rings is 4. The summed E-state index contributed by atoms with van der Waals surface area (Å²) < 4.78 is 1.50. The first kappa shape index (κ1) is 38.0. The second kappa shape index (κ2) is 16.3. The number of allylic oxidation sites excluding steroid dienone is 4. The Morgan fingerprint density at radius 1 is 0.729 bits per heavy atom. The number of hydrogen-bond donors (Lipinski definition) is 0. The number of aryl methyl sites for hydroxylation is 1. The maximum absolute atomic E-state index is 2.99. The van der Waals surface area contributed by atoms with E-state index in [0.717, 1.165) is 30.3 Å². The molecule has 0 aromatic heterocycles. The molecule has 0 fully saturated rings. The molecule has 0 atom stereocenters. The van der Waals surface area contributed by atoms with Gasteiger partial charge < -0.3 is 0 Å². The Labute approximate surface area is 307 Å². The summed E-state index contributed by atoms with van der Waals surface area (Å²) in [5.41, 5.74) is 7.47. The zero-order valence-corrected chi connectivity index (χ0v) is 35.8. The van der Waals surface area contributed by atoms with Gasteiger partial charge in [0.05, 0.1) is 0 Å². The molecule has 1 aliphatic rings. The molecule has 0 N–H and O–H groups in total. The molecule has 0 heterocycles. The standard InChI is InChI=1S/C21H25.C20H26Si.C5H5.Hf/c1-20(2,3)16-7-9-18-14(12-16)11-15-13-17(21(4,5)6)8-10-19(15)18;1-5-6-7-17-8-10-18(11-9-17)16-19-12-14-20(15-13-19)21(2,3)4;1-2-4-5-3-1;/h7-13H,1-6H3;8-15H,5-7H2,1-4H3;1-3H,4H2;/q-1;;-1;+2. The van der Waals surface area contributed by atoms with Gasteiger partial charge in [0.25, 0.3) is 0 Å². The van der Waals surface area contributed by atoms with Crippen molar-refractivity contribution < 1.29 is 23.9 Å². The van der Waals surface area contributed by atoms with Crippen LogP contribution in [0.15, 0.2) is 109 Å². The topological polar surface area (TPSA) is 0 Å². The molecule has 0 unspecified atom stereocenters. The molecule has 0 aliphatic heterocycles. The fourth-order valence-electron chi connectivity index (χ4n) is 5.82. The fourth-order valence-corrected chi connectivity index (χ4v) is 8.18. The monoisotopic (exact) mass is 816 g/mol. The minimum atomic E-state index is -1.19. The Morgan fingerprint density at radius 2 is 1.23 bits per heavy atom.